The van der Waals surface area contributed by atoms with Crippen molar-refractivity contribution in [2.75, 3.05) is 19.0 Å². The van der Waals surface area contributed by atoms with Crippen LogP contribution < -0.4 is 15.6 Å². The molecule has 1 aliphatic rings. The van der Waals surface area contributed by atoms with Gasteiger partial charge in [-0.1, -0.05) is 36.1 Å². The first-order valence-electron chi connectivity index (χ1n) is 9.65. The Labute approximate surface area is 199 Å². The number of carbonyl (C=O) groups is 2. The molecule has 11 heteroatoms. The quantitative estimate of drug-likeness (QED) is 0.450. The molecule has 3 rings (SSSR count). The summed E-state index contributed by atoms with van der Waals surface area (Å²) in [5, 5.41) is 21.8. The number of methoxy groups -OCH3 is 1. The predicted octanol–water partition coefficient (Wildman–Crippen LogP) is 2.47. The van der Waals surface area contributed by atoms with E-state index >= 15 is 0 Å². The summed E-state index contributed by atoms with van der Waals surface area (Å²) < 4.78 is 6.61. The standard InChI is InChI=1S/C22H20N4O5S2/c1-12-15(8-17-21(30)26(11-18(27)28)22(32)33-17)19(25(2)20(29)16(12)9-23)24-10-13-4-6-14(31-3)7-5-13/h4-8,24H,10-11H2,1-3H3,(H,27,28)/b17-8+. The number of nitrogens with one attached hydrogen (secondary N) is 1. The average molecular weight is 485 g/mol. The lowest BCUT2D eigenvalue weighted by Crippen LogP contribution is -2.33. The van der Waals surface area contributed by atoms with Crippen molar-refractivity contribution in [3.05, 3.63) is 61.8 Å². The molecular formula is C22H20N4O5S2. The van der Waals surface area contributed by atoms with Crippen LogP contribution in [-0.4, -0.2) is 44.4 Å². The number of benzene rings is 1. The smallest absolute Gasteiger partial charge is 0.323 e. The monoisotopic (exact) mass is 484 g/mol. The van der Waals surface area contributed by atoms with Crippen molar-refractivity contribution in [3.63, 3.8) is 0 Å². The van der Waals surface area contributed by atoms with Gasteiger partial charge in [0.15, 0.2) is 0 Å². The lowest BCUT2D eigenvalue weighted by atomic mass is 10.0. The number of hydrogen-bond donors (Lipinski definition) is 2. The number of rotatable bonds is 7. The number of anilines is 1. The Morgan fingerprint density at radius 1 is 1.33 bits per heavy atom. The molecule has 0 aliphatic carbocycles. The molecule has 1 aliphatic heterocycles. The molecular weight excluding hydrogens is 464 g/mol. The predicted molar refractivity (Wildman–Crippen MR) is 129 cm³/mol. The molecule has 0 atom stereocenters. The number of amides is 1. The molecule has 1 amide bonds. The highest BCUT2D eigenvalue weighted by Gasteiger charge is 2.34. The van der Waals surface area contributed by atoms with Crippen LogP contribution in [-0.2, 0) is 23.2 Å². The van der Waals surface area contributed by atoms with Gasteiger partial charge in [0, 0.05) is 19.2 Å². The fourth-order valence-electron chi connectivity index (χ4n) is 3.28. The van der Waals surface area contributed by atoms with E-state index in [1.54, 1.807) is 14.0 Å². The molecule has 0 bridgehead atoms. The van der Waals surface area contributed by atoms with E-state index < -0.39 is 24.0 Å². The lowest BCUT2D eigenvalue weighted by Gasteiger charge is -2.18. The van der Waals surface area contributed by atoms with Crippen molar-refractivity contribution in [3.8, 4) is 11.8 Å². The van der Waals surface area contributed by atoms with Crippen LogP contribution in [0, 0.1) is 18.3 Å². The zero-order valence-electron chi connectivity index (χ0n) is 18.0. The number of thioether (sulfide) groups is 1. The third-order valence-corrected chi connectivity index (χ3v) is 6.44. The van der Waals surface area contributed by atoms with E-state index in [4.69, 9.17) is 22.1 Å². The molecule has 2 N–H and O–H groups in total. The summed E-state index contributed by atoms with van der Waals surface area (Å²) in [4.78, 5) is 37.7. The number of carbonyl (C=O) groups excluding carboxylic acids is 1. The number of aliphatic carboxylic acids is 1. The van der Waals surface area contributed by atoms with E-state index in [1.165, 1.54) is 17.7 Å². The SMILES string of the molecule is COc1ccc(CNc2c(/C=C3/SC(=S)N(CC(=O)O)C3=O)c(C)c(C#N)c(=O)n2C)cc1. The number of thiocarbonyl (C=S) groups is 1. The maximum atomic E-state index is 12.7. The number of ether oxygens (including phenoxy) is 1. The van der Waals surface area contributed by atoms with Crippen molar-refractivity contribution in [2.24, 2.45) is 7.05 Å². The first-order valence-corrected chi connectivity index (χ1v) is 10.9. The second-order valence-electron chi connectivity index (χ2n) is 7.10. The summed E-state index contributed by atoms with van der Waals surface area (Å²) >= 11 is 6.13. The van der Waals surface area contributed by atoms with E-state index in [0.717, 1.165) is 22.2 Å². The van der Waals surface area contributed by atoms with Gasteiger partial charge in [0.1, 0.15) is 34.1 Å². The minimum Gasteiger partial charge on any atom is -0.497 e. The van der Waals surface area contributed by atoms with Gasteiger partial charge in [0.05, 0.1) is 12.0 Å². The normalized spacial score (nSPS) is 14.5. The molecule has 0 unspecified atom stereocenters. The van der Waals surface area contributed by atoms with Crippen LogP contribution in [0.4, 0.5) is 5.82 Å². The van der Waals surface area contributed by atoms with Gasteiger partial charge in [0.2, 0.25) is 0 Å². The fourth-order valence-corrected chi connectivity index (χ4v) is 4.51. The summed E-state index contributed by atoms with van der Waals surface area (Å²) in [6.07, 6.45) is 1.53. The molecule has 1 aromatic heterocycles. The third-order valence-electron chi connectivity index (χ3n) is 5.06. The second-order valence-corrected chi connectivity index (χ2v) is 8.78. The molecule has 1 saturated heterocycles. The van der Waals surface area contributed by atoms with E-state index in [0.29, 0.717) is 29.2 Å². The van der Waals surface area contributed by atoms with E-state index in [2.05, 4.69) is 5.32 Å². The van der Waals surface area contributed by atoms with Gasteiger partial charge in [-0.3, -0.25) is 23.9 Å². The Balaban J connectivity index is 2.05. The number of nitriles is 1. The number of carboxylic acid groups (broad SMARTS) is 1. The van der Waals surface area contributed by atoms with Crippen LogP contribution >= 0.6 is 24.0 Å². The van der Waals surface area contributed by atoms with Crippen molar-refractivity contribution in [2.45, 2.75) is 13.5 Å². The van der Waals surface area contributed by atoms with Gasteiger partial charge < -0.3 is 15.2 Å². The first kappa shape index (κ1) is 24.0. The molecule has 2 aromatic rings. The lowest BCUT2D eigenvalue weighted by molar-refractivity contribution is -0.140. The Morgan fingerprint density at radius 2 is 2.00 bits per heavy atom. The van der Waals surface area contributed by atoms with Gasteiger partial charge in [0.25, 0.3) is 11.5 Å². The van der Waals surface area contributed by atoms with Crippen molar-refractivity contribution >= 4 is 52.1 Å². The van der Waals surface area contributed by atoms with Crippen molar-refractivity contribution in [1.29, 1.82) is 5.26 Å². The highest BCUT2D eigenvalue weighted by molar-refractivity contribution is 8.26. The number of pyridine rings is 1. The van der Waals surface area contributed by atoms with Gasteiger partial charge in [-0.05, 0) is 36.3 Å². The number of nitrogens with zero attached hydrogens (tertiary/aromatic N) is 3. The van der Waals surface area contributed by atoms with Gasteiger partial charge in [-0.15, -0.1) is 0 Å². The van der Waals surface area contributed by atoms with E-state index in [-0.39, 0.29) is 14.8 Å². The van der Waals surface area contributed by atoms with Crippen LogP contribution in [0.2, 0.25) is 0 Å². The largest absolute Gasteiger partial charge is 0.497 e. The van der Waals surface area contributed by atoms with Crippen LogP contribution in [0.3, 0.4) is 0 Å². The van der Waals surface area contributed by atoms with Crippen LogP contribution in [0.15, 0.2) is 34.0 Å². The molecule has 2 heterocycles. The molecule has 0 radical (unpaired) electrons. The minimum atomic E-state index is -1.18. The summed E-state index contributed by atoms with van der Waals surface area (Å²) in [6, 6.07) is 9.30. The average Bonchev–Trinajstić information content (AvgIpc) is 3.05. The summed E-state index contributed by atoms with van der Waals surface area (Å²) in [6.45, 7) is 1.45. The number of aromatic nitrogens is 1. The highest BCUT2D eigenvalue weighted by atomic mass is 32.2. The molecule has 1 aromatic carbocycles. The van der Waals surface area contributed by atoms with E-state index in [1.807, 2.05) is 30.3 Å². The Hall–Kier alpha value is -3.62. The molecule has 0 saturated carbocycles. The maximum Gasteiger partial charge on any atom is 0.323 e. The van der Waals surface area contributed by atoms with Gasteiger partial charge in [-0.25, -0.2) is 0 Å². The molecule has 33 heavy (non-hydrogen) atoms. The van der Waals surface area contributed by atoms with Gasteiger partial charge in [-0.2, -0.15) is 5.26 Å². The molecule has 0 spiro atoms. The maximum absolute atomic E-state index is 12.7. The third kappa shape index (κ3) is 4.92. The van der Waals surface area contributed by atoms with E-state index in [9.17, 15) is 19.6 Å². The fraction of sp³-hybridized carbons (Fsp3) is 0.227. The highest BCUT2D eigenvalue weighted by Crippen LogP contribution is 2.34. The van der Waals surface area contributed by atoms with Gasteiger partial charge >= 0.3 is 5.97 Å². The first-order chi connectivity index (χ1) is 15.7. The molecule has 1 fully saturated rings. The second kappa shape index (κ2) is 9.89. The summed E-state index contributed by atoms with van der Waals surface area (Å²) in [7, 11) is 3.11. The number of carboxylic acids is 1. The Kier molecular flexibility index (Phi) is 7.20. The van der Waals surface area contributed by atoms with Crippen molar-refractivity contribution in [1.82, 2.24) is 9.47 Å². The topological polar surface area (TPSA) is 125 Å². The zero-order valence-corrected chi connectivity index (χ0v) is 19.7. The summed E-state index contributed by atoms with van der Waals surface area (Å²) in [5.41, 5.74) is 1.28. The van der Waals surface area contributed by atoms with Crippen molar-refractivity contribution < 1.29 is 19.4 Å². The van der Waals surface area contributed by atoms with Crippen LogP contribution in [0.25, 0.3) is 6.08 Å². The van der Waals surface area contributed by atoms with Crippen LogP contribution in [0.5, 0.6) is 5.75 Å². The zero-order chi connectivity index (χ0) is 24.3. The number of hydrogen-bond acceptors (Lipinski definition) is 8. The Bertz CT molecular complexity index is 1280. The summed E-state index contributed by atoms with van der Waals surface area (Å²) in [5.74, 6) is -0.597. The molecule has 170 valence electrons. The minimum absolute atomic E-state index is 0.0419. The Morgan fingerprint density at radius 3 is 2.58 bits per heavy atom. The van der Waals surface area contributed by atoms with Crippen LogP contribution in [0.1, 0.15) is 22.3 Å². The molecule has 9 nitrogen and oxygen atoms in total.